The third-order valence-electron chi connectivity index (χ3n) is 4.93. The van der Waals surface area contributed by atoms with Crippen molar-refractivity contribution in [2.75, 3.05) is 19.8 Å². The zero-order valence-corrected chi connectivity index (χ0v) is 21.6. The van der Waals surface area contributed by atoms with Crippen molar-refractivity contribution >= 4 is 63.0 Å². The number of carbonyl (C=O) groups excluding carboxylic acids is 1. The summed E-state index contributed by atoms with van der Waals surface area (Å²) in [7, 11) is 0. The number of thioether (sulfide) groups is 1. The summed E-state index contributed by atoms with van der Waals surface area (Å²) < 4.78 is 17.3. The van der Waals surface area contributed by atoms with Crippen LogP contribution in [0.15, 0.2) is 46.0 Å². The van der Waals surface area contributed by atoms with E-state index >= 15 is 0 Å². The van der Waals surface area contributed by atoms with Crippen molar-refractivity contribution in [1.29, 1.82) is 5.41 Å². The van der Waals surface area contributed by atoms with E-state index in [1.54, 1.807) is 37.3 Å². The normalized spacial score (nSPS) is 16.3. The number of aryl methyl sites for hydroxylation is 1. The van der Waals surface area contributed by atoms with Crippen molar-refractivity contribution in [3.8, 4) is 17.2 Å². The number of hydrogen-bond donors (Lipinski definition) is 1. The van der Waals surface area contributed by atoms with E-state index in [1.807, 2.05) is 19.9 Å². The Morgan fingerprint density at radius 2 is 1.86 bits per heavy atom. The largest absolute Gasteiger partial charge is 0.490 e. The fourth-order valence-corrected chi connectivity index (χ4v) is 4.46. The molecule has 0 saturated carbocycles. The van der Waals surface area contributed by atoms with Crippen LogP contribution in [0.3, 0.4) is 0 Å². The predicted octanol–water partition coefficient (Wildman–Crippen LogP) is 5.80. The lowest BCUT2D eigenvalue weighted by Gasteiger charge is -2.20. The summed E-state index contributed by atoms with van der Waals surface area (Å²) in [6.45, 7) is 6.44. The molecule has 2 aliphatic heterocycles. The van der Waals surface area contributed by atoms with Crippen LogP contribution >= 0.6 is 35.0 Å². The van der Waals surface area contributed by atoms with Crippen LogP contribution in [0.4, 0.5) is 0 Å². The van der Waals surface area contributed by atoms with Gasteiger partial charge in [-0.2, -0.15) is 15.1 Å². The smallest absolute Gasteiger partial charge is 0.283 e. The highest BCUT2D eigenvalue weighted by molar-refractivity contribution is 8.26. The molecule has 182 valence electrons. The first-order valence-corrected chi connectivity index (χ1v) is 12.3. The Balaban J connectivity index is 1.50. The molecule has 1 N–H and O–H groups in total. The second kappa shape index (κ2) is 10.7. The van der Waals surface area contributed by atoms with Gasteiger partial charge in [-0.3, -0.25) is 10.2 Å². The molecule has 0 aliphatic carbocycles. The van der Waals surface area contributed by atoms with E-state index in [2.05, 4.69) is 10.1 Å². The zero-order chi connectivity index (χ0) is 25.1. The number of ether oxygens (including phenoxy) is 3. The van der Waals surface area contributed by atoms with Crippen molar-refractivity contribution in [3.05, 3.63) is 57.1 Å². The number of rotatable bonds is 8. The van der Waals surface area contributed by atoms with Gasteiger partial charge in [0.2, 0.25) is 5.17 Å². The predicted molar refractivity (Wildman–Crippen MR) is 140 cm³/mol. The summed E-state index contributed by atoms with van der Waals surface area (Å²) in [4.78, 5) is 16.6. The first kappa shape index (κ1) is 25.1. The molecular formula is C24H22Cl2N4O4S. The highest BCUT2D eigenvalue weighted by Crippen LogP contribution is 2.38. The first-order valence-electron chi connectivity index (χ1n) is 10.7. The molecule has 8 nitrogen and oxygen atoms in total. The van der Waals surface area contributed by atoms with Gasteiger partial charge in [0, 0.05) is 5.02 Å². The SMILES string of the molecule is CCOc1cc(C=C2C(=N)N3N=C(C)SC3=NC2=O)cc(Cl)c1OCCOc1ccc(Cl)c(C)c1. The Kier molecular flexibility index (Phi) is 7.69. The molecular weight excluding hydrogens is 511 g/mol. The van der Waals surface area contributed by atoms with E-state index in [9.17, 15) is 4.79 Å². The number of nitrogens with zero attached hydrogens (tertiary/aromatic N) is 3. The van der Waals surface area contributed by atoms with Gasteiger partial charge in [-0.25, -0.2) is 0 Å². The lowest BCUT2D eigenvalue weighted by Crippen LogP contribution is -2.35. The summed E-state index contributed by atoms with van der Waals surface area (Å²) in [6, 6.07) is 8.77. The van der Waals surface area contributed by atoms with Crippen LogP contribution in [-0.2, 0) is 4.79 Å². The van der Waals surface area contributed by atoms with E-state index in [0.29, 0.717) is 49.7 Å². The number of halogens is 2. The molecule has 0 aromatic heterocycles. The minimum Gasteiger partial charge on any atom is -0.490 e. The molecule has 0 spiro atoms. The standard InChI is InChI=1S/C24H22Cl2N4O4S/c1-4-32-20-12-15(10-17-22(27)30-24(28-23(17)31)35-14(3)29-30)11-19(26)21(20)34-8-7-33-16-5-6-18(25)13(2)9-16/h5-6,9-12,27H,4,7-8H2,1-3H3. The Labute approximate surface area is 217 Å². The van der Waals surface area contributed by atoms with Crippen LogP contribution in [0.1, 0.15) is 25.0 Å². The molecule has 11 heteroatoms. The number of nitrogens with one attached hydrogen (secondary N) is 1. The number of amides is 1. The summed E-state index contributed by atoms with van der Waals surface area (Å²) in [6.07, 6.45) is 1.54. The summed E-state index contributed by atoms with van der Waals surface area (Å²) in [5, 5.41) is 16.1. The maximum absolute atomic E-state index is 12.6. The van der Waals surface area contributed by atoms with Gasteiger partial charge in [0.15, 0.2) is 17.3 Å². The van der Waals surface area contributed by atoms with Crippen LogP contribution < -0.4 is 14.2 Å². The molecule has 4 rings (SSSR count). The van der Waals surface area contributed by atoms with Crippen LogP contribution in [0, 0.1) is 12.3 Å². The average Bonchev–Trinajstić information content (AvgIpc) is 3.18. The van der Waals surface area contributed by atoms with E-state index in [4.69, 9.17) is 42.8 Å². The monoisotopic (exact) mass is 532 g/mol. The van der Waals surface area contributed by atoms with Crippen LogP contribution in [0.2, 0.25) is 10.0 Å². The second-order valence-electron chi connectivity index (χ2n) is 7.51. The topological polar surface area (TPSA) is 96.6 Å². The molecule has 0 bridgehead atoms. The van der Waals surface area contributed by atoms with Crippen molar-refractivity contribution < 1.29 is 19.0 Å². The molecule has 0 unspecified atom stereocenters. The van der Waals surface area contributed by atoms with Gasteiger partial charge < -0.3 is 14.2 Å². The maximum atomic E-state index is 12.6. The van der Waals surface area contributed by atoms with Crippen LogP contribution in [-0.4, -0.2) is 46.8 Å². The molecule has 2 heterocycles. The van der Waals surface area contributed by atoms with Gasteiger partial charge in [0.05, 0.1) is 22.2 Å². The Morgan fingerprint density at radius 3 is 2.60 bits per heavy atom. The fourth-order valence-electron chi connectivity index (χ4n) is 3.34. The average molecular weight is 533 g/mol. The zero-order valence-electron chi connectivity index (χ0n) is 19.2. The van der Waals surface area contributed by atoms with E-state index in [1.165, 1.54) is 16.8 Å². The lowest BCUT2D eigenvalue weighted by atomic mass is 10.1. The molecule has 2 aromatic rings. The van der Waals surface area contributed by atoms with Gasteiger partial charge in [-0.05, 0) is 80.1 Å². The number of aliphatic imine (C=N–C) groups is 1. The summed E-state index contributed by atoms with van der Waals surface area (Å²) >= 11 is 13.8. The van der Waals surface area contributed by atoms with E-state index in [-0.39, 0.29) is 24.6 Å². The Morgan fingerprint density at radius 1 is 1.09 bits per heavy atom. The highest BCUT2D eigenvalue weighted by atomic mass is 35.5. The second-order valence-corrected chi connectivity index (χ2v) is 9.48. The number of amidine groups is 2. The molecule has 2 aliphatic rings. The van der Waals surface area contributed by atoms with Gasteiger partial charge in [-0.15, -0.1) is 0 Å². The quantitative estimate of drug-likeness (QED) is 0.341. The summed E-state index contributed by atoms with van der Waals surface area (Å²) in [5.41, 5.74) is 1.60. The Bertz CT molecular complexity index is 1290. The fraction of sp³-hybridized carbons (Fsp3) is 0.250. The number of hydrazone groups is 1. The highest BCUT2D eigenvalue weighted by Gasteiger charge is 2.34. The van der Waals surface area contributed by atoms with Gasteiger partial charge in [0.1, 0.15) is 19.0 Å². The third kappa shape index (κ3) is 5.63. The molecule has 2 aromatic carbocycles. The van der Waals surface area contributed by atoms with Crippen molar-refractivity contribution in [1.82, 2.24) is 5.01 Å². The minimum absolute atomic E-state index is 0.0478. The number of hydrogen-bond acceptors (Lipinski definition) is 7. The molecule has 0 radical (unpaired) electrons. The number of carbonyl (C=O) groups is 1. The molecule has 0 saturated heterocycles. The minimum atomic E-state index is -0.511. The molecule has 0 atom stereocenters. The van der Waals surface area contributed by atoms with Gasteiger partial charge >= 0.3 is 0 Å². The summed E-state index contributed by atoms with van der Waals surface area (Å²) in [5.74, 6) is 0.915. The van der Waals surface area contributed by atoms with Crippen LogP contribution in [0.25, 0.3) is 6.08 Å². The van der Waals surface area contributed by atoms with Crippen molar-refractivity contribution in [2.45, 2.75) is 20.8 Å². The molecule has 35 heavy (non-hydrogen) atoms. The van der Waals surface area contributed by atoms with Gasteiger partial charge in [-0.1, -0.05) is 23.2 Å². The van der Waals surface area contributed by atoms with E-state index in [0.717, 1.165) is 5.56 Å². The van der Waals surface area contributed by atoms with E-state index < -0.39 is 5.91 Å². The van der Waals surface area contributed by atoms with Crippen LogP contribution in [0.5, 0.6) is 17.2 Å². The van der Waals surface area contributed by atoms with Crippen molar-refractivity contribution in [2.24, 2.45) is 10.1 Å². The first-order chi connectivity index (χ1) is 16.8. The molecule has 1 amide bonds. The van der Waals surface area contributed by atoms with Gasteiger partial charge in [0.25, 0.3) is 5.91 Å². The van der Waals surface area contributed by atoms with Crippen molar-refractivity contribution in [3.63, 3.8) is 0 Å². The number of fused-ring (bicyclic) bond motifs is 1. The lowest BCUT2D eigenvalue weighted by molar-refractivity contribution is -0.114. The Hall–Kier alpha value is -3.01. The third-order valence-corrected chi connectivity index (χ3v) is 6.45. The maximum Gasteiger partial charge on any atom is 0.283 e. The number of benzene rings is 2. The molecule has 0 fully saturated rings.